The first kappa shape index (κ1) is 12.8. The Balaban J connectivity index is 4.53. The molecule has 74 valence electrons. The lowest BCUT2D eigenvalue weighted by atomic mass is 10.0. The van der Waals surface area contributed by atoms with Crippen molar-refractivity contribution in [2.75, 3.05) is 0 Å². The van der Waals surface area contributed by atoms with Crippen LogP contribution in [0.25, 0.3) is 0 Å². The molecule has 0 heterocycles. The first-order chi connectivity index (χ1) is 5.69. The van der Waals surface area contributed by atoms with Crippen LogP contribution in [0.2, 0.25) is 19.6 Å². The third-order valence-electron chi connectivity index (χ3n) is 1.50. The van der Waals surface area contributed by atoms with Crippen LogP contribution in [0, 0.1) is 11.5 Å². The van der Waals surface area contributed by atoms with Gasteiger partial charge < -0.3 is 5.11 Å². The van der Waals surface area contributed by atoms with Crippen LogP contribution in [0.4, 0.5) is 0 Å². The molecule has 2 atom stereocenters. The van der Waals surface area contributed by atoms with Crippen molar-refractivity contribution in [3.8, 4) is 11.5 Å². The highest BCUT2D eigenvalue weighted by Crippen LogP contribution is 2.16. The van der Waals surface area contributed by atoms with Gasteiger partial charge in [0.25, 0.3) is 0 Å². The first-order valence-corrected chi connectivity index (χ1v) is 8.15. The predicted molar refractivity (Wildman–Crippen MR) is 61.6 cm³/mol. The normalized spacial score (nSPS) is 18.0. The molecule has 0 saturated carbocycles. The molecule has 0 aliphatic carbocycles. The van der Waals surface area contributed by atoms with Gasteiger partial charge in [-0.05, 0) is 6.92 Å². The zero-order chi connectivity index (χ0) is 10.7. The molecule has 0 fully saturated rings. The minimum absolute atomic E-state index is 0.572. The molecule has 0 aliphatic rings. The van der Waals surface area contributed by atoms with E-state index in [9.17, 15) is 5.11 Å². The highest BCUT2D eigenvalue weighted by molar-refractivity contribution is 6.83. The van der Waals surface area contributed by atoms with Gasteiger partial charge in [-0.1, -0.05) is 31.6 Å². The number of halogens is 1. The predicted octanol–water partition coefficient (Wildman–Crippen LogP) is 2.41. The van der Waals surface area contributed by atoms with Gasteiger partial charge >= 0.3 is 0 Å². The highest BCUT2D eigenvalue weighted by atomic mass is 35.5. The standard InChI is InChI=1S/C10H17ClOSi/c1-6-10(2,12)9(11)7-8-13(3,4)5/h6,9,12H,1H2,2-5H3/t9-,10+/m1/s1. The number of rotatable bonds is 2. The summed E-state index contributed by atoms with van der Waals surface area (Å²) in [6.07, 6.45) is 1.42. The second-order valence-electron chi connectivity index (χ2n) is 4.31. The van der Waals surface area contributed by atoms with E-state index in [-0.39, 0.29) is 0 Å². The molecule has 0 aromatic carbocycles. The van der Waals surface area contributed by atoms with Crippen LogP contribution < -0.4 is 0 Å². The zero-order valence-electron chi connectivity index (χ0n) is 8.69. The smallest absolute Gasteiger partial charge is 0.129 e. The van der Waals surface area contributed by atoms with E-state index >= 15 is 0 Å². The van der Waals surface area contributed by atoms with Gasteiger partial charge in [0.1, 0.15) is 19.1 Å². The van der Waals surface area contributed by atoms with Gasteiger partial charge in [0.05, 0.1) is 0 Å². The molecule has 0 amide bonds. The summed E-state index contributed by atoms with van der Waals surface area (Å²) in [7, 11) is -1.40. The van der Waals surface area contributed by atoms with E-state index < -0.39 is 19.1 Å². The fraction of sp³-hybridized carbons (Fsp3) is 0.600. The first-order valence-electron chi connectivity index (χ1n) is 4.22. The van der Waals surface area contributed by atoms with Crippen LogP contribution in [0.3, 0.4) is 0 Å². The second kappa shape index (κ2) is 4.32. The van der Waals surface area contributed by atoms with E-state index in [1.807, 2.05) is 0 Å². The van der Waals surface area contributed by atoms with E-state index in [1.165, 1.54) is 6.08 Å². The maximum atomic E-state index is 9.65. The van der Waals surface area contributed by atoms with Gasteiger partial charge in [0.2, 0.25) is 0 Å². The van der Waals surface area contributed by atoms with Gasteiger partial charge in [-0.2, -0.15) is 0 Å². The van der Waals surface area contributed by atoms with Gasteiger partial charge in [0, 0.05) is 0 Å². The zero-order valence-corrected chi connectivity index (χ0v) is 10.4. The van der Waals surface area contributed by atoms with Crippen LogP contribution in [0.5, 0.6) is 0 Å². The van der Waals surface area contributed by atoms with Crippen molar-refractivity contribution in [2.24, 2.45) is 0 Å². The Kier molecular flexibility index (Phi) is 4.24. The molecule has 0 unspecified atom stereocenters. The Morgan fingerprint density at radius 1 is 1.54 bits per heavy atom. The van der Waals surface area contributed by atoms with Crippen molar-refractivity contribution in [2.45, 2.75) is 37.5 Å². The summed E-state index contributed by atoms with van der Waals surface area (Å²) in [5, 5.41) is 9.08. The van der Waals surface area contributed by atoms with E-state index in [1.54, 1.807) is 6.92 Å². The quantitative estimate of drug-likeness (QED) is 0.325. The van der Waals surface area contributed by atoms with Crippen molar-refractivity contribution < 1.29 is 5.11 Å². The lowest BCUT2D eigenvalue weighted by Crippen LogP contribution is -2.32. The van der Waals surface area contributed by atoms with Gasteiger partial charge in [-0.15, -0.1) is 23.7 Å². The molecule has 0 spiro atoms. The highest BCUT2D eigenvalue weighted by Gasteiger charge is 2.25. The molecule has 0 aromatic heterocycles. The lowest BCUT2D eigenvalue weighted by molar-refractivity contribution is 0.121. The topological polar surface area (TPSA) is 20.2 Å². The molecular weight excluding hydrogens is 200 g/mol. The van der Waals surface area contributed by atoms with Crippen molar-refractivity contribution in [1.29, 1.82) is 0 Å². The molecule has 0 bridgehead atoms. The Morgan fingerprint density at radius 2 is 2.00 bits per heavy atom. The van der Waals surface area contributed by atoms with Crippen LogP contribution in [-0.2, 0) is 0 Å². The molecule has 0 saturated heterocycles. The van der Waals surface area contributed by atoms with Gasteiger partial charge in [-0.25, -0.2) is 0 Å². The van der Waals surface area contributed by atoms with Gasteiger partial charge in [-0.3, -0.25) is 0 Å². The van der Waals surface area contributed by atoms with Crippen molar-refractivity contribution >= 4 is 19.7 Å². The lowest BCUT2D eigenvalue weighted by Gasteiger charge is -2.20. The van der Waals surface area contributed by atoms with E-state index in [0.29, 0.717) is 0 Å². The minimum atomic E-state index is -1.40. The number of hydrogen-bond acceptors (Lipinski definition) is 1. The van der Waals surface area contributed by atoms with E-state index in [4.69, 9.17) is 11.6 Å². The molecule has 1 nitrogen and oxygen atoms in total. The number of hydrogen-bond donors (Lipinski definition) is 1. The maximum absolute atomic E-state index is 9.65. The fourth-order valence-electron chi connectivity index (χ4n) is 0.529. The summed E-state index contributed by atoms with van der Waals surface area (Å²) < 4.78 is 0. The summed E-state index contributed by atoms with van der Waals surface area (Å²) >= 11 is 5.91. The average molecular weight is 217 g/mol. The molecule has 0 aromatic rings. The molecule has 0 rings (SSSR count). The maximum Gasteiger partial charge on any atom is 0.129 e. The largest absolute Gasteiger partial charge is 0.384 e. The fourth-order valence-corrected chi connectivity index (χ4v) is 1.34. The molecule has 3 heteroatoms. The van der Waals surface area contributed by atoms with Crippen molar-refractivity contribution in [3.05, 3.63) is 12.7 Å². The van der Waals surface area contributed by atoms with Crippen LogP contribution in [0.15, 0.2) is 12.7 Å². The third kappa shape index (κ3) is 5.15. The monoisotopic (exact) mass is 216 g/mol. The summed E-state index contributed by atoms with van der Waals surface area (Å²) in [4.78, 5) is 0. The summed E-state index contributed by atoms with van der Waals surface area (Å²) in [5.41, 5.74) is 2.01. The van der Waals surface area contributed by atoms with Crippen molar-refractivity contribution in [3.63, 3.8) is 0 Å². The Hall–Kier alpha value is -0.233. The average Bonchev–Trinajstić information content (AvgIpc) is 1.98. The van der Waals surface area contributed by atoms with E-state index in [2.05, 4.69) is 37.7 Å². The Bertz CT molecular complexity index is 242. The third-order valence-corrected chi connectivity index (χ3v) is 2.95. The SMILES string of the molecule is C=C[C@](C)(O)[C@H](Cl)C#C[Si](C)(C)C. The summed E-state index contributed by atoms with van der Waals surface area (Å²) in [6, 6.07) is 0. The second-order valence-corrected chi connectivity index (χ2v) is 9.50. The van der Waals surface area contributed by atoms with Gasteiger partial charge in [0.15, 0.2) is 0 Å². The number of alkyl halides is 1. The van der Waals surface area contributed by atoms with Crippen LogP contribution in [-0.4, -0.2) is 24.2 Å². The van der Waals surface area contributed by atoms with Crippen molar-refractivity contribution in [1.82, 2.24) is 0 Å². The summed E-state index contributed by atoms with van der Waals surface area (Å²) in [6.45, 7) is 11.5. The summed E-state index contributed by atoms with van der Waals surface area (Å²) in [5.74, 6) is 2.87. The Labute approximate surface area is 86.8 Å². The molecule has 13 heavy (non-hydrogen) atoms. The number of aliphatic hydroxyl groups is 1. The van der Waals surface area contributed by atoms with Crippen LogP contribution >= 0.6 is 11.6 Å². The molecular formula is C10H17ClOSi. The molecule has 0 aliphatic heterocycles. The van der Waals surface area contributed by atoms with E-state index in [0.717, 1.165) is 0 Å². The minimum Gasteiger partial charge on any atom is -0.384 e. The van der Waals surface area contributed by atoms with Crippen LogP contribution in [0.1, 0.15) is 6.92 Å². The molecule has 0 radical (unpaired) electrons. The molecule has 1 N–H and O–H groups in total. The Morgan fingerprint density at radius 3 is 2.31 bits per heavy atom.